The summed E-state index contributed by atoms with van der Waals surface area (Å²) in [6.07, 6.45) is 3.39. The van der Waals surface area contributed by atoms with Gasteiger partial charge in [0.2, 0.25) is 5.91 Å². The van der Waals surface area contributed by atoms with Crippen molar-refractivity contribution in [1.82, 2.24) is 9.55 Å². The van der Waals surface area contributed by atoms with Gasteiger partial charge in [0, 0.05) is 18.5 Å². The van der Waals surface area contributed by atoms with Crippen molar-refractivity contribution in [2.75, 3.05) is 23.3 Å². The largest absolute Gasteiger partial charge is 0.356 e. The zero-order valence-electron chi connectivity index (χ0n) is 16.3. The van der Waals surface area contributed by atoms with Crippen LogP contribution in [0.4, 0.5) is 11.5 Å². The van der Waals surface area contributed by atoms with Crippen LogP contribution < -0.4 is 15.9 Å². The molecule has 0 atom stereocenters. The number of amides is 1. The number of fused-ring (bicyclic) bond motifs is 1. The lowest BCUT2D eigenvalue weighted by Gasteiger charge is -2.28. The van der Waals surface area contributed by atoms with Crippen LogP contribution >= 0.6 is 11.6 Å². The number of nitrogens with one attached hydrogen (secondary N) is 1. The van der Waals surface area contributed by atoms with Crippen molar-refractivity contribution in [3.8, 4) is 0 Å². The van der Waals surface area contributed by atoms with E-state index in [1.807, 2.05) is 37.3 Å². The summed E-state index contributed by atoms with van der Waals surface area (Å²) in [4.78, 5) is 32.0. The minimum Gasteiger partial charge on any atom is -0.356 e. The fourth-order valence-electron chi connectivity index (χ4n) is 3.77. The molecule has 2 heterocycles. The Hall–Kier alpha value is -2.86. The van der Waals surface area contributed by atoms with E-state index >= 15 is 0 Å². The van der Waals surface area contributed by atoms with Gasteiger partial charge >= 0.3 is 5.69 Å². The van der Waals surface area contributed by atoms with E-state index in [0.717, 1.165) is 36.9 Å². The zero-order valence-corrected chi connectivity index (χ0v) is 17.1. The number of carbonyl (C=O) groups is 1. The first-order valence-corrected chi connectivity index (χ1v) is 10.2. The molecule has 4 rings (SSSR count). The Morgan fingerprint density at radius 1 is 1.14 bits per heavy atom. The fourth-order valence-corrected chi connectivity index (χ4v) is 4.05. The minimum atomic E-state index is -0.422. The number of anilines is 2. The van der Waals surface area contributed by atoms with Gasteiger partial charge in [-0.3, -0.25) is 9.36 Å². The third kappa shape index (κ3) is 4.12. The van der Waals surface area contributed by atoms with Gasteiger partial charge in [-0.05, 0) is 56.0 Å². The van der Waals surface area contributed by atoms with E-state index in [9.17, 15) is 9.59 Å². The van der Waals surface area contributed by atoms with E-state index < -0.39 is 5.69 Å². The van der Waals surface area contributed by atoms with Crippen molar-refractivity contribution in [3.63, 3.8) is 0 Å². The first-order valence-electron chi connectivity index (χ1n) is 9.83. The lowest BCUT2D eigenvalue weighted by molar-refractivity contribution is -0.116. The third-order valence-corrected chi connectivity index (χ3v) is 5.54. The predicted octanol–water partition coefficient (Wildman–Crippen LogP) is 3.99. The Kier molecular flexibility index (Phi) is 5.53. The molecule has 1 N–H and O–H groups in total. The molecule has 150 valence electrons. The van der Waals surface area contributed by atoms with Crippen LogP contribution in [0.15, 0.2) is 47.3 Å². The van der Waals surface area contributed by atoms with Crippen LogP contribution in [-0.2, 0) is 11.3 Å². The molecule has 0 bridgehead atoms. The van der Waals surface area contributed by atoms with Gasteiger partial charge in [0.15, 0.2) is 0 Å². The zero-order chi connectivity index (χ0) is 20.4. The highest BCUT2D eigenvalue weighted by Gasteiger charge is 2.19. The molecular weight excluding hydrogens is 388 g/mol. The topological polar surface area (TPSA) is 67.2 Å². The number of halogens is 1. The molecule has 1 aliphatic heterocycles. The highest BCUT2D eigenvalue weighted by Crippen LogP contribution is 2.26. The average Bonchev–Trinajstić information content (AvgIpc) is 2.72. The van der Waals surface area contributed by atoms with Gasteiger partial charge in [-0.1, -0.05) is 29.8 Å². The molecule has 1 saturated heterocycles. The van der Waals surface area contributed by atoms with E-state index in [2.05, 4.69) is 15.2 Å². The molecule has 6 nitrogen and oxygen atoms in total. The van der Waals surface area contributed by atoms with Gasteiger partial charge in [-0.25, -0.2) is 4.79 Å². The molecule has 3 aromatic rings. The van der Waals surface area contributed by atoms with Gasteiger partial charge in [0.05, 0.1) is 16.2 Å². The van der Waals surface area contributed by atoms with E-state index in [4.69, 9.17) is 11.6 Å². The van der Waals surface area contributed by atoms with Crippen molar-refractivity contribution in [2.45, 2.75) is 32.7 Å². The number of carbonyl (C=O) groups excluding carboxylic acids is 1. The number of hydrogen-bond donors (Lipinski definition) is 1. The van der Waals surface area contributed by atoms with Crippen LogP contribution in [0.3, 0.4) is 0 Å². The summed E-state index contributed by atoms with van der Waals surface area (Å²) < 4.78 is 1.42. The molecule has 0 spiro atoms. The molecule has 0 unspecified atom stereocenters. The predicted molar refractivity (Wildman–Crippen MR) is 117 cm³/mol. The Balaban J connectivity index is 1.66. The lowest BCUT2D eigenvalue weighted by Crippen LogP contribution is -2.35. The number of piperidine rings is 1. The molecule has 1 aliphatic rings. The second-order valence-electron chi connectivity index (χ2n) is 7.40. The van der Waals surface area contributed by atoms with Gasteiger partial charge in [-0.15, -0.1) is 0 Å². The number of para-hydroxylation sites is 1. The van der Waals surface area contributed by atoms with E-state index in [-0.39, 0.29) is 12.5 Å². The number of aryl methyl sites for hydroxylation is 1. The second kappa shape index (κ2) is 8.25. The van der Waals surface area contributed by atoms with Crippen molar-refractivity contribution in [3.05, 3.63) is 63.5 Å². The molecule has 1 aromatic heterocycles. The summed E-state index contributed by atoms with van der Waals surface area (Å²) in [5, 5.41) is 4.14. The van der Waals surface area contributed by atoms with Crippen LogP contribution in [0.1, 0.15) is 24.8 Å². The number of hydrogen-bond acceptors (Lipinski definition) is 4. The average molecular weight is 411 g/mol. The Morgan fingerprint density at radius 3 is 2.66 bits per heavy atom. The molecule has 1 amide bonds. The maximum absolute atomic E-state index is 12.8. The first-order chi connectivity index (χ1) is 14.0. The monoisotopic (exact) mass is 410 g/mol. The van der Waals surface area contributed by atoms with Crippen molar-refractivity contribution < 1.29 is 4.79 Å². The smallest absolute Gasteiger partial charge is 0.350 e. The Bertz CT molecular complexity index is 1120. The fraction of sp³-hybridized carbons (Fsp3) is 0.318. The molecule has 0 saturated carbocycles. The molecule has 7 heteroatoms. The summed E-state index contributed by atoms with van der Waals surface area (Å²) in [5.74, 6) is 0.388. The number of benzene rings is 2. The molecule has 0 aliphatic carbocycles. The van der Waals surface area contributed by atoms with Crippen LogP contribution in [0.25, 0.3) is 10.9 Å². The van der Waals surface area contributed by atoms with E-state index in [1.165, 1.54) is 11.0 Å². The van der Waals surface area contributed by atoms with Crippen LogP contribution in [-0.4, -0.2) is 28.5 Å². The van der Waals surface area contributed by atoms with Crippen molar-refractivity contribution in [2.24, 2.45) is 0 Å². The van der Waals surface area contributed by atoms with Crippen LogP contribution in [0.5, 0.6) is 0 Å². The summed E-state index contributed by atoms with van der Waals surface area (Å²) in [7, 11) is 0. The van der Waals surface area contributed by atoms with Crippen LogP contribution in [0.2, 0.25) is 5.02 Å². The third-order valence-electron chi connectivity index (χ3n) is 5.22. The maximum Gasteiger partial charge on any atom is 0.350 e. The highest BCUT2D eigenvalue weighted by molar-refractivity contribution is 6.33. The molecule has 29 heavy (non-hydrogen) atoms. The summed E-state index contributed by atoms with van der Waals surface area (Å²) in [6, 6.07) is 13.0. The van der Waals surface area contributed by atoms with E-state index in [1.54, 1.807) is 12.1 Å². The SMILES string of the molecule is Cc1ccc(NC(=O)Cn2c(=O)nc(N3CCCCC3)c3ccccc32)c(Cl)c1. The summed E-state index contributed by atoms with van der Waals surface area (Å²) in [6.45, 7) is 3.59. The van der Waals surface area contributed by atoms with E-state index in [0.29, 0.717) is 22.0 Å². The van der Waals surface area contributed by atoms with Crippen LogP contribution in [0, 0.1) is 6.92 Å². The number of nitrogens with zero attached hydrogens (tertiary/aromatic N) is 3. The van der Waals surface area contributed by atoms with Gasteiger partial charge in [0.25, 0.3) is 0 Å². The Morgan fingerprint density at radius 2 is 1.90 bits per heavy atom. The quantitative estimate of drug-likeness (QED) is 0.706. The normalized spacial score (nSPS) is 14.2. The molecule has 0 radical (unpaired) electrons. The minimum absolute atomic E-state index is 0.128. The number of rotatable bonds is 4. The van der Waals surface area contributed by atoms with Gasteiger partial charge < -0.3 is 10.2 Å². The van der Waals surface area contributed by atoms with Crippen molar-refractivity contribution in [1.29, 1.82) is 0 Å². The molecule has 1 fully saturated rings. The van der Waals surface area contributed by atoms with Gasteiger partial charge in [0.1, 0.15) is 12.4 Å². The van der Waals surface area contributed by atoms with Gasteiger partial charge in [-0.2, -0.15) is 4.98 Å². The Labute approximate surface area is 174 Å². The number of aromatic nitrogens is 2. The first kappa shape index (κ1) is 19.5. The summed E-state index contributed by atoms with van der Waals surface area (Å²) >= 11 is 6.21. The second-order valence-corrected chi connectivity index (χ2v) is 7.81. The molecule has 2 aromatic carbocycles. The molecular formula is C22H23ClN4O2. The maximum atomic E-state index is 12.8. The summed E-state index contributed by atoms with van der Waals surface area (Å²) in [5.41, 5.74) is 1.82. The lowest BCUT2D eigenvalue weighted by atomic mass is 10.1. The standard InChI is InChI=1S/C22H23ClN4O2/c1-15-9-10-18(17(23)13-15)24-20(28)14-27-19-8-4-3-7-16(19)21(25-22(27)29)26-11-5-2-6-12-26/h3-4,7-10,13H,2,5-6,11-12,14H2,1H3,(H,24,28). The van der Waals surface area contributed by atoms with Crippen molar-refractivity contribution >= 4 is 39.9 Å². The highest BCUT2D eigenvalue weighted by atomic mass is 35.5.